The predicted molar refractivity (Wildman–Crippen MR) is 53.9 cm³/mol. The standard InChI is InChI=1S/C7H12Cl3NO2/c1-4(2)3-5(12)11-6(13)7(8,9)10/h4,6,13H,3H2,1-2H3,(H,11,12)/t6-/m0/s1. The molecule has 0 bridgehead atoms. The number of alkyl halides is 3. The Morgan fingerprint density at radius 2 is 1.92 bits per heavy atom. The van der Waals surface area contributed by atoms with Gasteiger partial charge in [0.15, 0.2) is 6.23 Å². The number of rotatable bonds is 3. The second-order valence-corrected chi connectivity index (χ2v) is 5.48. The van der Waals surface area contributed by atoms with Crippen LogP contribution >= 0.6 is 34.8 Å². The van der Waals surface area contributed by atoms with E-state index in [1.165, 1.54) is 0 Å². The lowest BCUT2D eigenvalue weighted by atomic mass is 10.1. The van der Waals surface area contributed by atoms with Crippen molar-refractivity contribution in [3.8, 4) is 0 Å². The van der Waals surface area contributed by atoms with E-state index >= 15 is 0 Å². The Morgan fingerprint density at radius 1 is 1.46 bits per heavy atom. The van der Waals surface area contributed by atoms with Gasteiger partial charge in [-0.3, -0.25) is 4.79 Å². The molecule has 78 valence electrons. The average Bonchev–Trinajstić information content (AvgIpc) is 1.82. The first-order chi connectivity index (χ1) is 5.73. The van der Waals surface area contributed by atoms with Crippen molar-refractivity contribution in [2.24, 2.45) is 5.92 Å². The van der Waals surface area contributed by atoms with E-state index in [4.69, 9.17) is 39.9 Å². The van der Waals surface area contributed by atoms with E-state index < -0.39 is 10.0 Å². The minimum Gasteiger partial charge on any atom is -0.369 e. The maximum atomic E-state index is 11.1. The number of aliphatic hydroxyl groups is 1. The first-order valence-corrected chi connectivity index (χ1v) is 4.91. The van der Waals surface area contributed by atoms with Crippen LogP contribution in [0.3, 0.4) is 0 Å². The van der Waals surface area contributed by atoms with E-state index in [2.05, 4.69) is 5.32 Å². The van der Waals surface area contributed by atoms with E-state index in [-0.39, 0.29) is 18.2 Å². The lowest BCUT2D eigenvalue weighted by molar-refractivity contribution is -0.124. The number of hydrogen-bond acceptors (Lipinski definition) is 2. The Morgan fingerprint density at radius 3 is 2.23 bits per heavy atom. The van der Waals surface area contributed by atoms with Crippen molar-refractivity contribution >= 4 is 40.7 Å². The van der Waals surface area contributed by atoms with E-state index in [1.54, 1.807) is 0 Å². The molecule has 0 aliphatic heterocycles. The largest absolute Gasteiger partial charge is 0.369 e. The third-order valence-electron chi connectivity index (χ3n) is 1.20. The lowest BCUT2D eigenvalue weighted by Crippen LogP contribution is -2.43. The van der Waals surface area contributed by atoms with Crippen LogP contribution in [-0.2, 0) is 4.79 Å². The maximum absolute atomic E-state index is 11.1. The Bertz CT molecular complexity index is 179. The second-order valence-electron chi connectivity index (χ2n) is 3.11. The number of hydrogen-bond donors (Lipinski definition) is 2. The fourth-order valence-corrected chi connectivity index (χ4v) is 0.828. The zero-order chi connectivity index (χ0) is 10.6. The molecule has 0 spiro atoms. The highest BCUT2D eigenvalue weighted by Crippen LogP contribution is 2.28. The molecular weight excluding hydrogens is 236 g/mol. The highest BCUT2D eigenvalue weighted by Gasteiger charge is 2.31. The molecule has 0 aliphatic rings. The smallest absolute Gasteiger partial charge is 0.234 e. The fourth-order valence-electron chi connectivity index (χ4n) is 0.664. The summed E-state index contributed by atoms with van der Waals surface area (Å²) in [5, 5.41) is 11.3. The van der Waals surface area contributed by atoms with Crippen LogP contribution < -0.4 is 5.32 Å². The highest BCUT2D eigenvalue weighted by atomic mass is 35.6. The zero-order valence-corrected chi connectivity index (χ0v) is 9.62. The molecule has 6 heteroatoms. The number of carbonyl (C=O) groups is 1. The fraction of sp³-hybridized carbons (Fsp3) is 0.857. The van der Waals surface area contributed by atoms with Gasteiger partial charge in [-0.1, -0.05) is 48.7 Å². The van der Waals surface area contributed by atoms with Crippen LogP contribution in [0.2, 0.25) is 0 Å². The summed E-state index contributed by atoms with van der Waals surface area (Å²) in [4.78, 5) is 11.1. The van der Waals surface area contributed by atoms with Gasteiger partial charge in [0, 0.05) is 6.42 Å². The molecule has 0 rings (SSSR count). The minimum absolute atomic E-state index is 0.197. The van der Waals surface area contributed by atoms with Gasteiger partial charge in [0.2, 0.25) is 9.70 Å². The van der Waals surface area contributed by atoms with Crippen molar-refractivity contribution in [2.75, 3.05) is 0 Å². The molecule has 0 aliphatic carbocycles. The Kier molecular flexibility index (Phi) is 5.37. The van der Waals surface area contributed by atoms with Crippen molar-refractivity contribution in [1.29, 1.82) is 0 Å². The lowest BCUT2D eigenvalue weighted by Gasteiger charge is -2.20. The SMILES string of the molecule is CC(C)CC(=O)N[C@@H](O)C(Cl)(Cl)Cl. The summed E-state index contributed by atoms with van der Waals surface area (Å²) in [5.41, 5.74) is 0. The summed E-state index contributed by atoms with van der Waals surface area (Å²) in [6.45, 7) is 3.75. The molecule has 0 fully saturated rings. The maximum Gasteiger partial charge on any atom is 0.234 e. The third kappa shape index (κ3) is 6.38. The van der Waals surface area contributed by atoms with Gasteiger partial charge in [0.1, 0.15) is 0 Å². The molecule has 13 heavy (non-hydrogen) atoms. The van der Waals surface area contributed by atoms with E-state index in [1.807, 2.05) is 13.8 Å². The third-order valence-corrected chi connectivity index (χ3v) is 1.82. The van der Waals surface area contributed by atoms with Crippen molar-refractivity contribution < 1.29 is 9.90 Å². The summed E-state index contributed by atoms with van der Waals surface area (Å²) in [5.74, 6) is -0.142. The molecule has 0 radical (unpaired) electrons. The Labute approximate surface area is 92.3 Å². The monoisotopic (exact) mass is 247 g/mol. The summed E-state index contributed by atoms with van der Waals surface area (Å²) >= 11 is 16.0. The quantitative estimate of drug-likeness (QED) is 0.591. The van der Waals surface area contributed by atoms with Crippen molar-refractivity contribution in [3.05, 3.63) is 0 Å². The van der Waals surface area contributed by atoms with Crippen LogP contribution in [-0.4, -0.2) is 21.0 Å². The number of amides is 1. The molecule has 0 unspecified atom stereocenters. The van der Waals surface area contributed by atoms with Gasteiger partial charge in [-0.25, -0.2) is 0 Å². The van der Waals surface area contributed by atoms with Gasteiger partial charge in [-0.2, -0.15) is 0 Å². The summed E-state index contributed by atoms with van der Waals surface area (Å²) in [6, 6.07) is 0. The zero-order valence-electron chi connectivity index (χ0n) is 7.35. The Hall–Kier alpha value is 0.300. The van der Waals surface area contributed by atoms with Crippen LogP contribution in [0, 0.1) is 5.92 Å². The predicted octanol–water partition coefficient (Wildman–Crippen LogP) is 1.84. The summed E-state index contributed by atoms with van der Waals surface area (Å²) in [6.07, 6.45) is -1.18. The second kappa shape index (κ2) is 5.25. The Balaban J connectivity index is 3.93. The number of aliphatic hydroxyl groups excluding tert-OH is 1. The van der Waals surface area contributed by atoms with Crippen LogP contribution in [0.15, 0.2) is 0 Å². The summed E-state index contributed by atoms with van der Waals surface area (Å²) < 4.78 is -1.88. The highest BCUT2D eigenvalue weighted by molar-refractivity contribution is 6.68. The molecule has 1 amide bonds. The van der Waals surface area contributed by atoms with Crippen molar-refractivity contribution in [2.45, 2.75) is 30.3 Å². The average molecular weight is 249 g/mol. The van der Waals surface area contributed by atoms with Gasteiger partial charge < -0.3 is 10.4 Å². The number of nitrogens with one attached hydrogen (secondary N) is 1. The molecule has 0 aromatic rings. The van der Waals surface area contributed by atoms with Crippen LogP contribution in [0.4, 0.5) is 0 Å². The van der Waals surface area contributed by atoms with Crippen molar-refractivity contribution in [1.82, 2.24) is 5.32 Å². The van der Waals surface area contributed by atoms with Crippen LogP contribution in [0.25, 0.3) is 0 Å². The topological polar surface area (TPSA) is 49.3 Å². The number of halogens is 3. The van der Waals surface area contributed by atoms with Gasteiger partial charge in [0.25, 0.3) is 0 Å². The first kappa shape index (κ1) is 13.3. The normalized spacial score (nSPS) is 14.4. The van der Waals surface area contributed by atoms with Gasteiger partial charge in [0.05, 0.1) is 0 Å². The molecule has 0 heterocycles. The first-order valence-electron chi connectivity index (χ1n) is 3.77. The molecule has 0 aromatic carbocycles. The van der Waals surface area contributed by atoms with Gasteiger partial charge in [-0.05, 0) is 5.92 Å². The molecule has 0 aromatic heterocycles. The van der Waals surface area contributed by atoms with E-state index in [0.717, 1.165) is 0 Å². The molecule has 3 nitrogen and oxygen atoms in total. The summed E-state index contributed by atoms with van der Waals surface area (Å²) in [7, 11) is 0. The van der Waals surface area contributed by atoms with Gasteiger partial charge in [-0.15, -0.1) is 0 Å². The molecule has 1 atom stereocenters. The van der Waals surface area contributed by atoms with E-state index in [0.29, 0.717) is 0 Å². The van der Waals surface area contributed by atoms with E-state index in [9.17, 15) is 4.79 Å². The minimum atomic E-state index is -1.88. The molecule has 2 N–H and O–H groups in total. The molecule has 0 saturated carbocycles. The molecular formula is C7H12Cl3NO2. The van der Waals surface area contributed by atoms with Gasteiger partial charge >= 0.3 is 0 Å². The van der Waals surface area contributed by atoms with Crippen LogP contribution in [0.1, 0.15) is 20.3 Å². The number of carbonyl (C=O) groups excluding carboxylic acids is 1. The van der Waals surface area contributed by atoms with Crippen molar-refractivity contribution in [3.63, 3.8) is 0 Å². The van der Waals surface area contributed by atoms with Crippen LogP contribution in [0.5, 0.6) is 0 Å². The molecule has 0 saturated heterocycles.